The third kappa shape index (κ3) is 2.68. The number of rotatable bonds is 4. The summed E-state index contributed by atoms with van der Waals surface area (Å²) in [4.78, 5) is 14.0. The summed E-state index contributed by atoms with van der Waals surface area (Å²) in [6.07, 6.45) is 2.39. The van der Waals surface area contributed by atoms with Crippen molar-refractivity contribution >= 4 is 5.97 Å². The molecule has 1 fully saturated rings. The standard InChI is InChI=1S/C14H23NO4/c1-9(2)14(3,18)13(17)19-8-10-4-6-15-7-5-11(16)12(10)15/h4,9,11-12,16,18H,5-8H2,1-3H3. The van der Waals surface area contributed by atoms with Gasteiger partial charge in [0.1, 0.15) is 6.61 Å². The van der Waals surface area contributed by atoms with Crippen LogP contribution in [0.2, 0.25) is 0 Å². The van der Waals surface area contributed by atoms with E-state index in [-0.39, 0.29) is 24.7 Å². The average molecular weight is 269 g/mol. The van der Waals surface area contributed by atoms with E-state index >= 15 is 0 Å². The number of aliphatic hydroxyl groups is 2. The molecule has 108 valence electrons. The first-order chi connectivity index (χ1) is 8.84. The lowest BCUT2D eigenvalue weighted by Crippen LogP contribution is -2.42. The number of nitrogens with zero attached hydrogens (tertiary/aromatic N) is 1. The first-order valence-electron chi connectivity index (χ1n) is 6.84. The Labute approximate surface area is 113 Å². The maximum Gasteiger partial charge on any atom is 0.338 e. The molecule has 5 nitrogen and oxygen atoms in total. The van der Waals surface area contributed by atoms with Gasteiger partial charge in [-0.1, -0.05) is 19.9 Å². The van der Waals surface area contributed by atoms with Crippen molar-refractivity contribution in [1.29, 1.82) is 0 Å². The van der Waals surface area contributed by atoms with Gasteiger partial charge < -0.3 is 14.9 Å². The molecule has 2 aliphatic rings. The Morgan fingerprint density at radius 1 is 1.63 bits per heavy atom. The molecule has 1 saturated heterocycles. The summed E-state index contributed by atoms with van der Waals surface area (Å²) in [6, 6.07) is -0.0169. The number of aliphatic hydroxyl groups excluding tert-OH is 1. The van der Waals surface area contributed by atoms with Crippen molar-refractivity contribution in [2.24, 2.45) is 5.92 Å². The van der Waals surface area contributed by atoms with E-state index in [9.17, 15) is 15.0 Å². The summed E-state index contributed by atoms with van der Waals surface area (Å²) in [7, 11) is 0. The molecule has 0 radical (unpaired) electrons. The first kappa shape index (κ1) is 14.5. The quantitative estimate of drug-likeness (QED) is 0.568. The Morgan fingerprint density at radius 3 is 2.95 bits per heavy atom. The molecule has 0 aromatic rings. The molecular formula is C14H23NO4. The summed E-state index contributed by atoms with van der Waals surface area (Å²) in [5, 5.41) is 19.9. The van der Waals surface area contributed by atoms with E-state index in [1.165, 1.54) is 6.92 Å². The number of ether oxygens (including phenoxy) is 1. The second kappa shape index (κ2) is 5.23. The fraction of sp³-hybridized carbons (Fsp3) is 0.786. The third-order valence-corrected chi connectivity index (χ3v) is 4.35. The van der Waals surface area contributed by atoms with Gasteiger partial charge in [-0.2, -0.15) is 0 Å². The largest absolute Gasteiger partial charge is 0.459 e. The number of carbonyl (C=O) groups excluding carboxylic acids is 1. The first-order valence-corrected chi connectivity index (χ1v) is 6.84. The molecule has 2 heterocycles. The van der Waals surface area contributed by atoms with Crippen molar-refractivity contribution < 1.29 is 19.7 Å². The van der Waals surface area contributed by atoms with Crippen LogP contribution in [0.4, 0.5) is 0 Å². The molecule has 2 aliphatic heterocycles. The van der Waals surface area contributed by atoms with E-state index in [4.69, 9.17) is 4.74 Å². The van der Waals surface area contributed by atoms with Gasteiger partial charge in [0.05, 0.1) is 12.1 Å². The van der Waals surface area contributed by atoms with Gasteiger partial charge in [0.25, 0.3) is 0 Å². The molecule has 2 rings (SSSR count). The van der Waals surface area contributed by atoms with Gasteiger partial charge in [0.15, 0.2) is 5.60 Å². The minimum Gasteiger partial charge on any atom is -0.459 e. The Balaban J connectivity index is 1.91. The SMILES string of the molecule is CC(C)C(C)(O)C(=O)OCC1=CCN2CCC(O)C12. The summed E-state index contributed by atoms with van der Waals surface area (Å²) in [5.74, 6) is -0.805. The second-order valence-corrected chi connectivity index (χ2v) is 5.95. The van der Waals surface area contributed by atoms with E-state index in [0.717, 1.165) is 25.1 Å². The predicted molar refractivity (Wildman–Crippen MR) is 70.5 cm³/mol. The van der Waals surface area contributed by atoms with Crippen LogP contribution in [0.15, 0.2) is 11.6 Å². The van der Waals surface area contributed by atoms with Crippen molar-refractivity contribution in [2.45, 2.75) is 44.9 Å². The molecule has 0 spiro atoms. The van der Waals surface area contributed by atoms with E-state index in [0.29, 0.717) is 0 Å². The molecule has 0 saturated carbocycles. The lowest BCUT2D eigenvalue weighted by atomic mass is 9.93. The lowest BCUT2D eigenvalue weighted by molar-refractivity contribution is -0.167. The minimum atomic E-state index is -1.47. The molecule has 3 unspecified atom stereocenters. The van der Waals surface area contributed by atoms with Crippen LogP contribution < -0.4 is 0 Å². The highest BCUT2D eigenvalue weighted by Gasteiger charge is 2.40. The van der Waals surface area contributed by atoms with Crippen LogP contribution in [0.25, 0.3) is 0 Å². The van der Waals surface area contributed by atoms with Gasteiger partial charge in [-0.3, -0.25) is 4.90 Å². The fourth-order valence-electron chi connectivity index (χ4n) is 2.56. The summed E-state index contributed by atoms with van der Waals surface area (Å²) >= 11 is 0. The predicted octanol–water partition coefficient (Wildman–Crippen LogP) is 0.312. The second-order valence-electron chi connectivity index (χ2n) is 5.95. The Bertz CT molecular complexity index is 389. The monoisotopic (exact) mass is 269 g/mol. The zero-order chi connectivity index (χ0) is 14.2. The van der Waals surface area contributed by atoms with Crippen molar-refractivity contribution in [3.05, 3.63) is 11.6 Å². The molecule has 19 heavy (non-hydrogen) atoms. The van der Waals surface area contributed by atoms with E-state index in [1.807, 2.05) is 6.08 Å². The molecule has 3 atom stereocenters. The number of esters is 1. The van der Waals surface area contributed by atoms with Crippen molar-refractivity contribution in [2.75, 3.05) is 19.7 Å². The van der Waals surface area contributed by atoms with Crippen LogP contribution in [-0.4, -0.2) is 58.5 Å². The van der Waals surface area contributed by atoms with Gasteiger partial charge in [-0.25, -0.2) is 4.79 Å². The van der Waals surface area contributed by atoms with Gasteiger partial charge in [-0.05, 0) is 24.8 Å². The Hall–Kier alpha value is -0.910. The van der Waals surface area contributed by atoms with Gasteiger partial charge in [0.2, 0.25) is 0 Å². The molecule has 2 N–H and O–H groups in total. The summed E-state index contributed by atoms with van der Waals surface area (Å²) in [5.41, 5.74) is -0.523. The zero-order valence-electron chi connectivity index (χ0n) is 11.8. The lowest BCUT2D eigenvalue weighted by Gasteiger charge is -2.26. The highest BCUT2D eigenvalue weighted by atomic mass is 16.5. The zero-order valence-corrected chi connectivity index (χ0v) is 11.8. The molecule has 0 aromatic heterocycles. The van der Waals surface area contributed by atoms with Crippen LogP contribution >= 0.6 is 0 Å². The van der Waals surface area contributed by atoms with Crippen LogP contribution in [-0.2, 0) is 9.53 Å². The van der Waals surface area contributed by atoms with Crippen molar-refractivity contribution in [3.63, 3.8) is 0 Å². The highest BCUT2D eigenvalue weighted by molar-refractivity contribution is 5.79. The average Bonchev–Trinajstić information content (AvgIpc) is 2.90. The third-order valence-electron chi connectivity index (χ3n) is 4.35. The van der Waals surface area contributed by atoms with E-state index in [2.05, 4.69) is 4.90 Å². The van der Waals surface area contributed by atoms with Crippen LogP contribution in [0, 0.1) is 5.92 Å². The Kier molecular flexibility index (Phi) is 3.99. The van der Waals surface area contributed by atoms with Crippen molar-refractivity contribution in [1.82, 2.24) is 4.90 Å². The maximum absolute atomic E-state index is 11.9. The van der Waals surface area contributed by atoms with Gasteiger partial charge >= 0.3 is 5.97 Å². The molecule has 5 heteroatoms. The van der Waals surface area contributed by atoms with Crippen molar-refractivity contribution in [3.8, 4) is 0 Å². The molecular weight excluding hydrogens is 246 g/mol. The molecule has 0 aromatic carbocycles. The number of hydrogen-bond donors (Lipinski definition) is 2. The topological polar surface area (TPSA) is 70.0 Å². The summed E-state index contributed by atoms with van der Waals surface area (Å²) < 4.78 is 5.21. The fourth-order valence-corrected chi connectivity index (χ4v) is 2.56. The minimum absolute atomic E-state index is 0.0169. The normalized spacial score (nSPS) is 30.1. The van der Waals surface area contributed by atoms with Gasteiger partial charge in [-0.15, -0.1) is 0 Å². The van der Waals surface area contributed by atoms with Gasteiger partial charge in [0, 0.05) is 13.1 Å². The number of carbonyl (C=O) groups is 1. The van der Waals surface area contributed by atoms with Crippen LogP contribution in [0.3, 0.4) is 0 Å². The Morgan fingerprint density at radius 2 is 2.32 bits per heavy atom. The van der Waals surface area contributed by atoms with E-state index in [1.54, 1.807) is 13.8 Å². The smallest absolute Gasteiger partial charge is 0.338 e. The number of fused-ring (bicyclic) bond motifs is 1. The highest BCUT2D eigenvalue weighted by Crippen LogP contribution is 2.29. The molecule has 0 bridgehead atoms. The molecule has 0 amide bonds. The molecule has 0 aliphatic carbocycles. The van der Waals surface area contributed by atoms with Crippen LogP contribution in [0.5, 0.6) is 0 Å². The van der Waals surface area contributed by atoms with E-state index < -0.39 is 11.6 Å². The number of hydrogen-bond acceptors (Lipinski definition) is 5. The van der Waals surface area contributed by atoms with Crippen LogP contribution in [0.1, 0.15) is 27.2 Å². The maximum atomic E-state index is 11.9. The summed E-state index contributed by atoms with van der Waals surface area (Å²) in [6.45, 7) is 6.86.